The van der Waals surface area contributed by atoms with Crippen LogP contribution in [0.25, 0.3) is 0 Å². The van der Waals surface area contributed by atoms with Crippen molar-refractivity contribution in [1.29, 1.82) is 0 Å². The highest BCUT2D eigenvalue weighted by molar-refractivity contribution is 5.80. The summed E-state index contributed by atoms with van der Waals surface area (Å²) in [5.74, 6) is 5.91. The summed E-state index contributed by atoms with van der Waals surface area (Å²) in [4.78, 5) is 11.4. The Bertz CT molecular complexity index is 369. The second-order valence-corrected chi connectivity index (χ2v) is 3.40. The van der Waals surface area contributed by atoms with Gasteiger partial charge in [0.25, 0.3) is 5.91 Å². The summed E-state index contributed by atoms with van der Waals surface area (Å²) in [6.45, 7) is 4.28. The molecule has 1 aromatic rings. The van der Waals surface area contributed by atoms with Gasteiger partial charge in [0, 0.05) is 0 Å². The third-order valence-electron chi connectivity index (χ3n) is 2.22. The molecule has 3 N–H and O–H groups in total. The number of hydrazine groups is 1. The molecule has 1 aromatic carbocycles. The molecule has 5 heteroatoms. The van der Waals surface area contributed by atoms with Gasteiger partial charge in [-0.2, -0.15) is 0 Å². The van der Waals surface area contributed by atoms with E-state index in [9.17, 15) is 4.79 Å². The average Bonchev–Trinajstić information content (AvgIpc) is 2.37. The van der Waals surface area contributed by atoms with E-state index in [1.165, 1.54) is 0 Å². The Morgan fingerprint density at radius 3 is 2.53 bits per heavy atom. The van der Waals surface area contributed by atoms with Gasteiger partial charge in [-0.25, -0.2) is 5.84 Å². The first-order valence-electron chi connectivity index (χ1n) is 5.61. The van der Waals surface area contributed by atoms with Crippen LogP contribution in [-0.4, -0.2) is 18.6 Å². The van der Waals surface area contributed by atoms with Crippen LogP contribution in [0.5, 0.6) is 11.5 Å². The number of ether oxygens (including phenoxy) is 2. The van der Waals surface area contributed by atoms with Gasteiger partial charge in [0.2, 0.25) is 0 Å². The number of benzene rings is 1. The Hall–Kier alpha value is -1.75. The molecule has 1 rings (SSSR count). The maximum absolute atomic E-state index is 11.4. The van der Waals surface area contributed by atoms with E-state index in [0.717, 1.165) is 0 Å². The van der Waals surface area contributed by atoms with Gasteiger partial charge in [-0.3, -0.25) is 10.2 Å². The highest BCUT2D eigenvalue weighted by Crippen LogP contribution is 2.27. The van der Waals surface area contributed by atoms with Crippen molar-refractivity contribution in [3.05, 3.63) is 24.3 Å². The van der Waals surface area contributed by atoms with E-state index in [0.29, 0.717) is 24.5 Å². The fraction of sp³-hybridized carbons (Fsp3) is 0.417. The lowest BCUT2D eigenvalue weighted by Crippen LogP contribution is -2.41. The second-order valence-electron chi connectivity index (χ2n) is 3.40. The molecule has 17 heavy (non-hydrogen) atoms. The van der Waals surface area contributed by atoms with Gasteiger partial charge in [0.15, 0.2) is 17.6 Å². The van der Waals surface area contributed by atoms with Crippen molar-refractivity contribution >= 4 is 5.91 Å². The van der Waals surface area contributed by atoms with Gasteiger partial charge >= 0.3 is 0 Å². The molecule has 0 radical (unpaired) electrons. The Balaban J connectivity index is 2.81. The molecule has 0 heterocycles. The Morgan fingerprint density at radius 2 is 2.00 bits per heavy atom. The van der Waals surface area contributed by atoms with Gasteiger partial charge in [-0.1, -0.05) is 19.1 Å². The van der Waals surface area contributed by atoms with Crippen LogP contribution in [-0.2, 0) is 4.79 Å². The minimum Gasteiger partial charge on any atom is -0.490 e. The van der Waals surface area contributed by atoms with Crippen LogP contribution >= 0.6 is 0 Å². The molecule has 0 aromatic heterocycles. The minimum absolute atomic E-state index is 0.348. The Labute approximate surface area is 101 Å². The molecule has 0 aliphatic heterocycles. The lowest BCUT2D eigenvalue weighted by Gasteiger charge is -2.17. The van der Waals surface area contributed by atoms with Crippen LogP contribution in [0.4, 0.5) is 0 Å². The Morgan fingerprint density at radius 1 is 1.35 bits per heavy atom. The maximum atomic E-state index is 11.4. The molecule has 1 amide bonds. The summed E-state index contributed by atoms with van der Waals surface area (Å²) in [6.07, 6.45) is -0.0784. The van der Waals surface area contributed by atoms with E-state index in [1.807, 2.05) is 26.0 Å². The van der Waals surface area contributed by atoms with Gasteiger partial charge < -0.3 is 9.47 Å². The summed E-state index contributed by atoms with van der Waals surface area (Å²) >= 11 is 0. The fourth-order valence-electron chi connectivity index (χ4n) is 1.39. The number of rotatable bonds is 6. The summed E-state index contributed by atoms with van der Waals surface area (Å²) in [7, 11) is 0. The average molecular weight is 238 g/mol. The molecular weight excluding hydrogens is 220 g/mol. The summed E-state index contributed by atoms with van der Waals surface area (Å²) in [5.41, 5.74) is 2.08. The van der Waals surface area contributed by atoms with E-state index in [1.54, 1.807) is 12.1 Å². The van der Waals surface area contributed by atoms with Crippen molar-refractivity contribution in [2.75, 3.05) is 6.61 Å². The Kier molecular flexibility index (Phi) is 5.29. The standard InChI is InChI=1S/C12H18N2O3/c1-3-9(12(15)14-13)17-11-8-6-5-7-10(11)16-4-2/h5-9H,3-4,13H2,1-2H3,(H,14,15). The highest BCUT2D eigenvalue weighted by atomic mass is 16.5. The fourth-order valence-corrected chi connectivity index (χ4v) is 1.39. The van der Waals surface area contributed by atoms with Crippen molar-refractivity contribution in [3.63, 3.8) is 0 Å². The number of carbonyl (C=O) groups excluding carboxylic acids is 1. The molecule has 0 fully saturated rings. The van der Waals surface area contributed by atoms with Crippen LogP contribution in [0.3, 0.4) is 0 Å². The zero-order valence-corrected chi connectivity index (χ0v) is 10.1. The van der Waals surface area contributed by atoms with E-state index >= 15 is 0 Å². The summed E-state index contributed by atoms with van der Waals surface area (Å²) in [5, 5.41) is 0. The zero-order valence-electron chi connectivity index (χ0n) is 10.1. The SMILES string of the molecule is CCOc1ccccc1OC(CC)C(=O)NN. The van der Waals surface area contributed by atoms with Crippen molar-refractivity contribution in [1.82, 2.24) is 5.43 Å². The first kappa shape index (κ1) is 13.3. The number of hydrogen-bond donors (Lipinski definition) is 2. The third kappa shape index (κ3) is 3.64. The maximum Gasteiger partial charge on any atom is 0.274 e. The molecule has 0 aliphatic rings. The van der Waals surface area contributed by atoms with Crippen LogP contribution in [0.15, 0.2) is 24.3 Å². The number of nitrogens with two attached hydrogens (primary N) is 1. The van der Waals surface area contributed by atoms with Gasteiger partial charge in [-0.05, 0) is 25.5 Å². The highest BCUT2D eigenvalue weighted by Gasteiger charge is 2.18. The number of amides is 1. The zero-order chi connectivity index (χ0) is 12.7. The van der Waals surface area contributed by atoms with E-state index in [2.05, 4.69) is 5.43 Å². The number of carbonyl (C=O) groups is 1. The molecule has 0 saturated carbocycles. The lowest BCUT2D eigenvalue weighted by atomic mass is 10.2. The lowest BCUT2D eigenvalue weighted by molar-refractivity contribution is -0.128. The monoisotopic (exact) mass is 238 g/mol. The molecule has 0 aliphatic carbocycles. The number of para-hydroxylation sites is 2. The quantitative estimate of drug-likeness (QED) is 0.444. The third-order valence-corrected chi connectivity index (χ3v) is 2.22. The van der Waals surface area contributed by atoms with Crippen LogP contribution in [0.2, 0.25) is 0 Å². The van der Waals surface area contributed by atoms with Crippen molar-refractivity contribution < 1.29 is 14.3 Å². The second kappa shape index (κ2) is 6.75. The van der Waals surface area contributed by atoms with Crippen LogP contribution < -0.4 is 20.7 Å². The predicted octanol–water partition coefficient (Wildman–Crippen LogP) is 1.23. The number of hydrogen-bond acceptors (Lipinski definition) is 4. The summed E-state index contributed by atoms with van der Waals surface area (Å²) in [6, 6.07) is 7.23. The molecule has 1 unspecified atom stereocenters. The predicted molar refractivity (Wildman–Crippen MR) is 64.6 cm³/mol. The smallest absolute Gasteiger partial charge is 0.274 e. The van der Waals surface area contributed by atoms with Crippen molar-refractivity contribution in [2.45, 2.75) is 26.4 Å². The first-order valence-corrected chi connectivity index (χ1v) is 5.61. The molecule has 5 nitrogen and oxygen atoms in total. The molecule has 0 bridgehead atoms. The van der Waals surface area contributed by atoms with E-state index in [-0.39, 0.29) is 5.91 Å². The largest absolute Gasteiger partial charge is 0.490 e. The van der Waals surface area contributed by atoms with Gasteiger partial charge in [0.05, 0.1) is 6.61 Å². The van der Waals surface area contributed by atoms with Gasteiger partial charge in [-0.15, -0.1) is 0 Å². The summed E-state index contributed by atoms with van der Waals surface area (Å²) < 4.78 is 11.0. The molecule has 1 atom stereocenters. The normalized spacial score (nSPS) is 11.7. The van der Waals surface area contributed by atoms with Crippen LogP contribution in [0, 0.1) is 0 Å². The van der Waals surface area contributed by atoms with Crippen molar-refractivity contribution in [3.8, 4) is 11.5 Å². The minimum atomic E-state index is -0.610. The first-order chi connectivity index (χ1) is 8.22. The molecular formula is C12H18N2O3. The van der Waals surface area contributed by atoms with E-state index in [4.69, 9.17) is 15.3 Å². The molecule has 0 spiro atoms. The van der Waals surface area contributed by atoms with Crippen LogP contribution in [0.1, 0.15) is 20.3 Å². The van der Waals surface area contributed by atoms with E-state index < -0.39 is 6.10 Å². The number of nitrogens with one attached hydrogen (secondary N) is 1. The topological polar surface area (TPSA) is 73.6 Å². The molecule has 94 valence electrons. The van der Waals surface area contributed by atoms with Gasteiger partial charge in [0.1, 0.15) is 0 Å². The van der Waals surface area contributed by atoms with Crippen molar-refractivity contribution in [2.24, 2.45) is 5.84 Å². The molecule has 0 saturated heterocycles.